The molecule has 0 saturated heterocycles. The molecule has 0 N–H and O–H groups in total. The summed E-state index contributed by atoms with van der Waals surface area (Å²) in [6, 6.07) is 13.4. The van der Waals surface area contributed by atoms with Gasteiger partial charge in [0.15, 0.2) is 0 Å². The Morgan fingerprint density at radius 3 is 1.24 bits per heavy atom. The van der Waals surface area contributed by atoms with Crippen LogP contribution in [0.2, 0.25) is 0 Å². The first-order valence-corrected chi connectivity index (χ1v) is 26.3. The zero-order valence-corrected chi connectivity index (χ0v) is 34.7. The first-order chi connectivity index (χ1) is 20.0. The van der Waals surface area contributed by atoms with Gasteiger partial charge in [-0.25, -0.2) is 0 Å². The van der Waals surface area contributed by atoms with Crippen molar-refractivity contribution in [3.8, 4) is 0 Å². The molecule has 16 heteroatoms. The zero-order chi connectivity index (χ0) is 30.3. The van der Waals surface area contributed by atoms with E-state index in [0.29, 0.717) is 41.4 Å². The van der Waals surface area contributed by atoms with Crippen LogP contribution in [-0.2, 0) is 28.6 Å². The van der Waals surface area contributed by atoms with E-state index in [9.17, 15) is 16.8 Å². The molecule has 2 heterocycles. The third-order valence-electron chi connectivity index (χ3n) is 5.34. The van der Waals surface area contributed by atoms with E-state index in [2.05, 4.69) is 12.5 Å². The summed E-state index contributed by atoms with van der Waals surface area (Å²) in [5.41, 5.74) is 2.01. The normalized spacial score (nSPS) is 18.0. The fraction of sp³-hybridized carbons (Fsp3) is 0.308. The van der Waals surface area contributed by atoms with Crippen LogP contribution in [0.5, 0.6) is 0 Å². The molecule has 2 aliphatic heterocycles. The van der Waals surface area contributed by atoms with Crippen LogP contribution in [0.1, 0.15) is 11.1 Å². The first kappa shape index (κ1) is 35.8. The molecule has 6 nitrogen and oxygen atoms in total. The van der Waals surface area contributed by atoms with Crippen molar-refractivity contribution in [2.24, 2.45) is 0 Å². The average Bonchev–Trinajstić information content (AvgIpc) is 3.57. The van der Waals surface area contributed by atoms with Crippen LogP contribution in [0, 0.1) is 13.8 Å². The Morgan fingerprint density at radius 2 is 0.905 bits per heavy atom. The second kappa shape index (κ2) is 16.7. The van der Waals surface area contributed by atoms with Gasteiger partial charge in [-0.15, -0.1) is 0 Å². The van der Waals surface area contributed by atoms with Crippen molar-refractivity contribution in [1.82, 2.24) is 0 Å². The van der Waals surface area contributed by atoms with Crippen molar-refractivity contribution in [3.05, 3.63) is 81.6 Å². The molecule has 0 aliphatic carbocycles. The van der Waals surface area contributed by atoms with Crippen LogP contribution in [0.25, 0.3) is 0 Å². The van der Waals surface area contributed by atoms with Gasteiger partial charge in [-0.05, 0) is 0 Å². The summed E-state index contributed by atoms with van der Waals surface area (Å²) in [7, 11) is -7.49. The van der Waals surface area contributed by atoms with E-state index in [1.54, 1.807) is 78.8 Å². The van der Waals surface area contributed by atoms with Crippen LogP contribution < -0.4 is 0 Å². The van der Waals surface area contributed by atoms with Gasteiger partial charge in [-0.3, -0.25) is 0 Å². The summed E-state index contributed by atoms with van der Waals surface area (Å²) in [5, 5.41) is 0. The van der Waals surface area contributed by atoms with E-state index in [1.165, 1.54) is 15.2 Å². The van der Waals surface area contributed by atoms with E-state index >= 15 is 0 Å². The third-order valence-corrected chi connectivity index (χ3v) is 31.7. The van der Waals surface area contributed by atoms with Gasteiger partial charge in [0.2, 0.25) is 0 Å². The van der Waals surface area contributed by atoms with Gasteiger partial charge in [-0.2, -0.15) is 0 Å². The van der Waals surface area contributed by atoms with Crippen molar-refractivity contribution in [2.75, 3.05) is 37.2 Å². The van der Waals surface area contributed by atoms with Crippen molar-refractivity contribution < 1.29 is 25.2 Å². The minimum absolute atomic E-state index is 0.148. The van der Waals surface area contributed by atoms with Gasteiger partial charge in [0, 0.05) is 0 Å². The molecule has 0 radical (unpaired) electrons. The van der Waals surface area contributed by atoms with E-state index < -0.39 is 20.2 Å². The molecule has 0 aromatic heterocycles. The van der Waals surface area contributed by atoms with Gasteiger partial charge in [0.25, 0.3) is 0 Å². The molecule has 0 bridgehead atoms. The van der Waals surface area contributed by atoms with E-state index in [0.717, 1.165) is 11.1 Å². The summed E-state index contributed by atoms with van der Waals surface area (Å²) in [4.78, 5) is 0.386. The molecule has 0 saturated carbocycles. The van der Waals surface area contributed by atoms with E-state index in [4.69, 9.17) is 8.37 Å². The first-order valence-electron chi connectivity index (χ1n) is 12.2. The topological polar surface area (TPSA) is 86.7 Å². The summed E-state index contributed by atoms with van der Waals surface area (Å²) >= 11 is 8.30. The minimum atomic E-state index is -3.75. The summed E-state index contributed by atoms with van der Waals surface area (Å²) in [5.74, 6) is 1.20. The quantitative estimate of drug-likeness (QED) is 0.149. The Kier molecular flexibility index (Phi) is 14.2. The van der Waals surface area contributed by atoms with Gasteiger partial charge in [-0.1, -0.05) is 0 Å². The number of rotatable bonds is 14. The molecular formula is C26H28O6S6Se4. The molecule has 2 aromatic rings. The Morgan fingerprint density at radius 1 is 0.571 bits per heavy atom. The van der Waals surface area contributed by atoms with Crippen molar-refractivity contribution in [3.63, 3.8) is 0 Å². The number of hydrogen-bond donors (Lipinski definition) is 0. The van der Waals surface area contributed by atoms with E-state index in [1.807, 2.05) is 37.4 Å². The molecule has 2 aromatic carbocycles. The third kappa shape index (κ3) is 9.98. The Hall–Kier alpha value is 0.958. The molecule has 0 unspecified atom stereocenters. The summed E-state index contributed by atoms with van der Waals surface area (Å²) < 4.78 is 69.6. The van der Waals surface area contributed by atoms with Crippen LogP contribution in [0.15, 0.2) is 80.3 Å². The molecule has 0 amide bonds. The molecular weight excluding hydrogens is 917 g/mol. The van der Waals surface area contributed by atoms with Gasteiger partial charge < -0.3 is 0 Å². The predicted molar refractivity (Wildman–Crippen MR) is 185 cm³/mol. The molecule has 228 valence electrons. The Balaban J connectivity index is 1.27. The predicted octanol–water partition coefficient (Wildman–Crippen LogP) is 4.83. The summed E-state index contributed by atoms with van der Waals surface area (Å²) in [6.07, 6.45) is 4.25. The maximum absolute atomic E-state index is 12.5. The van der Waals surface area contributed by atoms with Crippen molar-refractivity contribution >= 4 is 127 Å². The SMILES string of the molecule is CSC1=C(SCCOS(=O)(=O)c2ccc(C)cc2)[Se]/C(=C2\[Se]C(SC)=C(SCCOS(=O)(=O)c3ccc(C)cc3)[Se]2)[Se]1. The standard InChI is InChI=1S/C26H28O6S6Se4/c1-17-5-9-19(10-6-17)37(27,28)31-13-15-35-23-21(33-3)39-25(41-23)26-40-22(34-4)24(42-26)36-16-14-32-38(29,30)20-11-7-18(2)8-12-20/h5-12H,13-16H2,1-4H3/b26-25+. The van der Waals surface area contributed by atoms with E-state index in [-0.39, 0.29) is 52.9 Å². The number of aryl methyl sites for hydroxylation is 2. The second-order valence-corrected chi connectivity index (χ2v) is 29.0. The Bertz CT molecular complexity index is 1470. The molecule has 0 spiro atoms. The van der Waals surface area contributed by atoms with Crippen LogP contribution >= 0.6 is 47.0 Å². The monoisotopic (exact) mass is 948 g/mol. The zero-order valence-electron chi connectivity index (χ0n) is 23.0. The molecule has 0 atom stereocenters. The van der Waals surface area contributed by atoms with Crippen LogP contribution in [0.4, 0.5) is 0 Å². The van der Waals surface area contributed by atoms with Crippen molar-refractivity contribution in [1.29, 1.82) is 0 Å². The fourth-order valence-corrected chi connectivity index (χ4v) is 30.4. The summed E-state index contributed by atoms with van der Waals surface area (Å²) in [6.45, 7) is 4.14. The average molecular weight is 945 g/mol. The number of hydrogen-bond acceptors (Lipinski definition) is 10. The van der Waals surface area contributed by atoms with Gasteiger partial charge in [0.1, 0.15) is 0 Å². The van der Waals surface area contributed by atoms with Crippen molar-refractivity contribution in [2.45, 2.75) is 23.6 Å². The molecule has 0 fully saturated rings. The number of benzene rings is 2. The van der Waals surface area contributed by atoms with Crippen LogP contribution in [-0.4, -0.2) is 114 Å². The maximum atomic E-state index is 12.5. The van der Waals surface area contributed by atoms with Gasteiger partial charge in [0.05, 0.1) is 0 Å². The second-order valence-electron chi connectivity index (χ2n) is 8.42. The fourth-order valence-electron chi connectivity index (χ4n) is 3.24. The molecule has 42 heavy (non-hydrogen) atoms. The number of thioether (sulfide) groups is 4. The molecule has 2 aliphatic rings. The Labute approximate surface area is 291 Å². The van der Waals surface area contributed by atoms with Gasteiger partial charge >= 0.3 is 295 Å². The van der Waals surface area contributed by atoms with Crippen LogP contribution in [0.3, 0.4) is 0 Å². The molecule has 4 rings (SSSR count).